The van der Waals surface area contributed by atoms with Gasteiger partial charge < -0.3 is 26.0 Å². The molecular weight excluding hydrogens is 188 g/mol. The number of ether oxygens (including phenoxy) is 1. The van der Waals surface area contributed by atoms with Gasteiger partial charge in [-0.25, -0.2) is 4.79 Å². The largest absolute Gasteiger partial charge is 0.448 e. The number of nitrogens with two attached hydrogens (primary N) is 1. The van der Waals surface area contributed by atoms with Crippen LogP contribution in [0.25, 0.3) is 0 Å². The third-order valence-electron chi connectivity index (χ3n) is 1.84. The summed E-state index contributed by atoms with van der Waals surface area (Å²) in [6, 6.07) is 0. The van der Waals surface area contributed by atoms with Gasteiger partial charge in [0.1, 0.15) is 6.61 Å². The summed E-state index contributed by atoms with van der Waals surface area (Å²) in [5, 5.41) is 20.8. The van der Waals surface area contributed by atoms with E-state index in [1.54, 1.807) is 6.92 Å². The van der Waals surface area contributed by atoms with E-state index in [1.165, 1.54) is 0 Å². The average molecular weight is 206 g/mol. The van der Waals surface area contributed by atoms with Crippen LogP contribution in [0.4, 0.5) is 4.79 Å². The molecule has 0 fully saturated rings. The topological polar surface area (TPSA) is 105 Å². The molecule has 0 bridgehead atoms. The van der Waals surface area contributed by atoms with Gasteiger partial charge in [0, 0.05) is 18.5 Å². The highest BCUT2D eigenvalue weighted by atomic mass is 16.5. The summed E-state index contributed by atoms with van der Waals surface area (Å²) >= 11 is 0. The summed E-state index contributed by atoms with van der Waals surface area (Å²) in [4.78, 5) is 10.2. The Hall–Kier alpha value is -0.850. The summed E-state index contributed by atoms with van der Waals surface area (Å²) in [6.07, 6.45) is -0.807. The predicted molar refractivity (Wildman–Crippen MR) is 50.7 cm³/mol. The van der Waals surface area contributed by atoms with Crippen molar-refractivity contribution in [2.75, 3.05) is 32.9 Å². The first kappa shape index (κ1) is 13.2. The van der Waals surface area contributed by atoms with Gasteiger partial charge in [-0.05, 0) is 0 Å². The van der Waals surface area contributed by atoms with Crippen LogP contribution in [0, 0.1) is 5.41 Å². The second kappa shape index (κ2) is 6.58. The Morgan fingerprint density at radius 1 is 1.50 bits per heavy atom. The lowest BCUT2D eigenvalue weighted by atomic mass is 9.93. The van der Waals surface area contributed by atoms with E-state index in [1.807, 2.05) is 0 Å². The third kappa shape index (κ3) is 5.74. The lowest BCUT2D eigenvalue weighted by Gasteiger charge is -2.24. The van der Waals surface area contributed by atoms with Gasteiger partial charge in [-0.3, -0.25) is 0 Å². The van der Waals surface area contributed by atoms with E-state index < -0.39 is 11.5 Å². The van der Waals surface area contributed by atoms with Crippen molar-refractivity contribution in [1.82, 2.24) is 5.32 Å². The van der Waals surface area contributed by atoms with Gasteiger partial charge in [-0.1, -0.05) is 6.92 Å². The maximum atomic E-state index is 10.2. The highest BCUT2D eigenvalue weighted by molar-refractivity contribution is 5.64. The number of hydrogen-bond acceptors (Lipinski definition) is 5. The number of aliphatic hydroxyl groups is 2. The average Bonchev–Trinajstić information content (AvgIpc) is 2.16. The predicted octanol–water partition coefficient (Wildman–Crippen LogP) is -1.34. The molecule has 84 valence electrons. The maximum absolute atomic E-state index is 10.2. The van der Waals surface area contributed by atoms with Gasteiger partial charge in [-0.15, -0.1) is 0 Å². The van der Waals surface area contributed by atoms with Crippen molar-refractivity contribution in [3.63, 3.8) is 0 Å². The number of amides is 1. The molecule has 0 saturated heterocycles. The second-order valence-corrected chi connectivity index (χ2v) is 3.47. The van der Waals surface area contributed by atoms with Crippen LogP contribution < -0.4 is 11.1 Å². The minimum atomic E-state index is -0.807. The smallest absolute Gasteiger partial charge is 0.404 e. The molecule has 0 aliphatic heterocycles. The molecular formula is C8H18N2O4. The molecule has 0 aromatic carbocycles. The zero-order valence-corrected chi connectivity index (χ0v) is 8.32. The monoisotopic (exact) mass is 206 g/mol. The number of nitrogens with one attached hydrogen (secondary N) is 1. The summed E-state index contributed by atoms with van der Waals surface area (Å²) in [5.41, 5.74) is 4.19. The number of hydrogen-bond donors (Lipinski definition) is 4. The first-order valence-electron chi connectivity index (χ1n) is 4.39. The Morgan fingerprint density at radius 2 is 2.07 bits per heavy atom. The molecule has 0 saturated carbocycles. The fourth-order valence-electron chi connectivity index (χ4n) is 0.776. The summed E-state index contributed by atoms with van der Waals surface area (Å²) in [6.45, 7) is 2.61. The lowest BCUT2D eigenvalue weighted by Crippen LogP contribution is -2.39. The molecule has 1 amide bonds. The van der Waals surface area contributed by atoms with Crippen LogP contribution in [0.2, 0.25) is 0 Å². The zero-order chi connectivity index (χ0) is 11.0. The minimum absolute atomic E-state index is 0.104. The van der Waals surface area contributed by atoms with E-state index in [9.17, 15) is 4.79 Å². The Kier molecular flexibility index (Phi) is 6.18. The highest BCUT2D eigenvalue weighted by Gasteiger charge is 2.21. The van der Waals surface area contributed by atoms with Crippen LogP contribution in [0.1, 0.15) is 6.92 Å². The SMILES string of the molecule is CC(CO)(CO)CNCCOC(N)=O. The van der Waals surface area contributed by atoms with Crippen LogP contribution in [-0.2, 0) is 4.74 Å². The van der Waals surface area contributed by atoms with Crippen molar-refractivity contribution >= 4 is 6.09 Å². The quantitative estimate of drug-likeness (QED) is 0.386. The number of carbonyl (C=O) groups is 1. The molecule has 6 nitrogen and oxygen atoms in total. The summed E-state index contributed by atoms with van der Waals surface area (Å²) < 4.78 is 4.48. The van der Waals surface area contributed by atoms with Crippen molar-refractivity contribution in [2.45, 2.75) is 6.92 Å². The van der Waals surface area contributed by atoms with Crippen molar-refractivity contribution in [3.8, 4) is 0 Å². The molecule has 0 aliphatic carbocycles. The molecule has 0 rings (SSSR count). The molecule has 0 aromatic rings. The van der Waals surface area contributed by atoms with E-state index in [0.717, 1.165) is 0 Å². The molecule has 0 aromatic heterocycles. The van der Waals surface area contributed by atoms with Crippen LogP contribution in [0.5, 0.6) is 0 Å². The molecule has 0 spiro atoms. The van der Waals surface area contributed by atoms with E-state index in [2.05, 4.69) is 10.1 Å². The minimum Gasteiger partial charge on any atom is -0.448 e. The lowest BCUT2D eigenvalue weighted by molar-refractivity contribution is 0.0682. The first-order chi connectivity index (χ1) is 6.54. The molecule has 0 aliphatic rings. The van der Waals surface area contributed by atoms with E-state index in [-0.39, 0.29) is 19.8 Å². The fraction of sp³-hybridized carbons (Fsp3) is 0.875. The van der Waals surface area contributed by atoms with Crippen LogP contribution in [0.15, 0.2) is 0 Å². The second-order valence-electron chi connectivity index (χ2n) is 3.47. The van der Waals surface area contributed by atoms with Gasteiger partial charge in [0.2, 0.25) is 0 Å². The summed E-state index contributed by atoms with van der Waals surface area (Å²) in [5.74, 6) is 0. The first-order valence-corrected chi connectivity index (χ1v) is 4.39. The van der Waals surface area contributed by atoms with Crippen LogP contribution in [-0.4, -0.2) is 49.2 Å². The Morgan fingerprint density at radius 3 is 2.50 bits per heavy atom. The molecule has 0 unspecified atom stereocenters. The van der Waals surface area contributed by atoms with Gasteiger partial charge in [0.15, 0.2) is 0 Å². The zero-order valence-electron chi connectivity index (χ0n) is 8.32. The molecule has 14 heavy (non-hydrogen) atoms. The molecule has 5 N–H and O–H groups in total. The van der Waals surface area contributed by atoms with Gasteiger partial charge >= 0.3 is 6.09 Å². The maximum Gasteiger partial charge on any atom is 0.404 e. The van der Waals surface area contributed by atoms with Crippen LogP contribution in [0.3, 0.4) is 0 Å². The van der Waals surface area contributed by atoms with Crippen molar-refractivity contribution < 1.29 is 19.7 Å². The highest BCUT2D eigenvalue weighted by Crippen LogP contribution is 2.11. The van der Waals surface area contributed by atoms with E-state index in [4.69, 9.17) is 15.9 Å². The van der Waals surface area contributed by atoms with Gasteiger partial charge in [0.05, 0.1) is 13.2 Å². The number of carbonyl (C=O) groups excluding carboxylic acids is 1. The molecule has 0 atom stereocenters. The Balaban J connectivity index is 3.47. The van der Waals surface area contributed by atoms with Crippen molar-refractivity contribution in [3.05, 3.63) is 0 Å². The molecule has 0 heterocycles. The van der Waals surface area contributed by atoms with E-state index in [0.29, 0.717) is 13.1 Å². The molecule has 0 radical (unpaired) electrons. The summed E-state index contributed by atoms with van der Waals surface area (Å²) in [7, 11) is 0. The van der Waals surface area contributed by atoms with Crippen molar-refractivity contribution in [1.29, 1.82) is 0 Å². The normalized spacial score (nSPS) is 11.4. The van der Waals surface area contributed by atoms with E-state index >= 15 is 0 Å². The van der Waals surface area contributed by atoms with Crippen molar-refractivity contribution in [2.24, 2.45) is 11.1 Å². The number of primary amides is 1. The fourth-order valence-corrected chi connectivity index (χ4v) is 0.776. The Bertz CT molecular complexity index is 171. The van der Waals surface area contributed by atoms with Crippen LogP contribution >= 0.6 is 0 Å². The third-order valence-corrected chi connectivity index (χ3v) is 1.84. The number of rotatable bonds is 7. The Labute approximate surface area is 83.0 Å². The van der Waals surface area contributed by atoms with Gasteiger partial charge in [0.25, 0.3) is 0 Å². The standard InChI is InChI=1S/C8H18N2O4/c1-8(5-11,6-12)4-10-2-3-14-7(9)13/h10-12H,2-6H2,1H3,(H2,9,13). The van der Waals surface area contributed by atoms with Gasteiger partial charge in [-0.2, -0.15) is 0 Å². The number of aliphatic hydroxyl groups excluding tert-OH is 2. The molecule has 6 heteroatoms.